The fourth-order valence-electron chi connectivity index (χ4n) is 4.25. The van der Waals surface area contributed by atoms with Crippen molar-refractivity contribution in [3.8, 4) is 0 Å². The molecule has 1 unspecified atom stereocenters. The molecule has 0 saturated carbocycles. The van der Waals surface area contributed by atoms with E-state index in [1.807, 2.05) is 50.2 Å². The standard InChI is InChI=1S/C29H27NO5/c1-4-35-29(34)22-14-10-20(11-15-22)17-30-25(23-7-5-6-19(3)16-23)24(27(32)28(30)33)26(31)21-12-8-18(2)9-13-21/h5-16,25,31H,4,17H2,1-3H3/b26-24+. The van der Waals surface area contributed by atoms with Gasteiger partial charge in [0.2, 0.25) is 0 Å². The van der Waals surface area contributed by atoms with Crippen LogP contribution < -0.4 is 0 Å². The third kappa shape index (κ3) is 4.87. The molecule has 0 spiro atoms. The highest BCUT2D eigenvalue weighted by molar-refractivity contribution is 6.46. The molecule has 1 aliphatic rings. The number of Topliss-reactive ketones (excluding diaryl/α,β-unsaturated/α-hetero) is 1. The van der Waals surface area contributed by atoms with Crippen LogP contribution in [0.1, 0.15) is 51.1 Å². The van der Waals surface area contributed by atoms with Gasteiger partial charge in [0.15, 0.2) is 0 Å². The third-order valence-corrected chi connectivity index (χ3v) is 6.04. The highest BCUT2D eigenvalue weighted by Gasteiger charge is 2.46. The van der Waals surface area contributed by atoms with Crippen molar-refractivity contribution in [1.29, 1.82) is 0 Å². The number of amides is 1. The van der Waals surface area contributed by atoms with E-state index in [1.54, 1.807) is 43.3 Å². The van der Waals surface area contributed by atoms with Crippen LogP contribution in [-0.4, -0.2) is 34.3 Å². The van der Waals surface area contributed by atoms with E-state index < -0.39 is 23.7 Å². The molecule has 1 fully saturated rings. The maximum Gasteiger partial charge on any atom is 0.338 e. The lowest BCUT2D eigenvalue weighted by atomic mass is 9.94. The fraction of sp³-hybridized carbons (Fsp3) is 0.207. The summed E-state index contributed by atoms with van der Waals surface area (Å²) in [7, 11) is 0. The molecule has 3 aromatic rings. The maximum atomic E-state index is 13.2. The number of carbonyl (C=O) groups excluding carboxylic acids is 3. The van der Waals surface area contributed by atoms with Gasteiger partial charge in [0.1, 0.15) is 5.76 Å². The summed E-state index contributed by atoms with van der Waals surface area (Å²) in [4.78, 5) is 39.8. The summed E-state index contributed by atoms with van der Waals surface area (Å²) in [5.74, 6) is -2.02. The highest BCUT2D eigenvalue weighted by Crippen LogP contribution is 2.40. The van der Waals surface area contributed by atoms with E-state index in [0.29, 0.717) is 11.1 Å². The number of nitrogens with zero attached hydrogens (tertiary/aromatic N) is 1. The van der Waals surface area contributed by atoms with Crippen LogP contribution in [0, 0.1) is 13.8 Å². The topological polar surface area (TPSA) is 83.9 Å². The van der Waals surface area contributed by atoms with E-state index in [2.05, 4.69) is 0 Å². The lowest BCUT2D eigenvalue weighted by Gasteiger charge is -2.26. The van der Waals surface area contributed by atoms with Crippen molar-refractivity contribution < 1.29 is 24.2 Å². The molecule has 1 aliphatic heterocycles. The Labute approximate surface area is 204 Å². The molecule has 1 N–H and O–H groups in total. The van der Waals surface area contributed by atoms with Crippen LogP contribution in [0.25, 0.3) is 5.76 Å². The molecule has 6 nitrogen and oxygen atoms in total. The van der Waals surface area contributed by atoms with Gasteiger partial charge in [-0.15, -0.1) is 0 Å². The minimum absolute atomic E-state index is 0.0626. The van der Waals surface area contributed by atoms with Gasteiger partial charge in [-0.3, -0.25) is 9.59 Å². The normalized spacial score (nSPS) is 17.0. The first kappa shape index (κ1) is 24.0. The molecule has 6 heteroatoms. The number of ether oxygens (including phenoxy) is 1. The number of aryl methyl sites for hydroxylation is 2. The molecular formula is C29H27NO5. The van der Waals surface area contributed by atoms with Gasteiger partial charge >= 0.3 is 5.97 Å². The van der Waals surface area contributed by atoms with Crippen molar-refractivity contribution >= 4 is 23.4 Å². The van der Waals surface area contributed by atoms with E-state index >= 15 is 0 Å². The summed E-state index contributed by atoms with van der Waals surface area (Å²) < 4.78 is 5.03. The number of benzene rings is 3. The van der Waals surface area contributed by atoms with E-state index in [4.69, 9.17) is 4.74 Å². The average Bonchev–Trinajstić information content (AvgIpc) is 3.09. The lowest BCUT2D eigenvalue weighted by Crippen LogP contribution is -2.29. The summed E-state index contributed by atoms with van der Waals surface area (Å²) in [6.45, 7) is 6.02. The zero-order chi connectivity index (χ0) is 25.1. The molecule has 1 atom stereocenters. The predicted octanol–water partition coefficient (Wildman–Crippen LogP) is 5.10. The second-order valence-corrected chi connectivity index (χ2v) is 8.62. The van der Waals surface area contributed by atoms with Crippen LogP contribution in [-0.2, 0) is 20.9 Å². The number of esters is 1. The Morgan fingerprint density at radius 2 is 1.57 bits per heavy atom. The summed E-state index contributed by atoms with van der Waals surface area (Å²) >= 11 is 0. The number of likely N-dealkylation sites (tertiary alicyclic amines) is 1. The Hall–Kier alpha value is -4.19. The van der Waals surface area contributed by atoms with E-state index in [9.17, 15) is 19.5 Å². The SMILES string of the molecule is CCOC(=O)c1ccc(CN2C(=O)C(=O)/C(=C(/O)c3ccc(C)cc3)C2c2cccc(C)c2)cc1. The summed E-state index contributed by atoms with van der Waals surface area (Å²) in [6, 6.07) is 20.7. The van der Waals surface area contributed by atoms with Crippen LogP contribution in [0.2, 0.25) is 0 Å². The summed E-state index contributed by atoms with van der Waals surface area (Å²) in [6.07, 6.45) is 0. The number of ketones is 1. The van der Waals surface area contributed by atoms with Gasteiger partial charge in [0.25, 0.3) is 11.7 Å². The molecule has 178 valence electrons. The molecule has 0 radical (unpaired) electrons. The van der Waals surface area contributed by atoms with E-state index in [0.717, 1.165) is 22.3 Å². The van der Waals surface area contributed by atoms with Crippen molar-refractivity contribution in [2.45, 2.75) is 33.4 Å². The molecule has 3 aromatic carbocycles. The van der Waals surface area contributed by atoms with Crippen molar-refractivity contribution in [3.63, 3.8) is 0 Å². The molecule has 1 amide bonds. The molecule has 0 aliphatic carbocycles. The van der Waals surface area contributed by atoms with Gasteiger partial charge in [-0.25, -0.2) is 4.79 Å². The van der Waals surface area contributed by atoms with Gasteiger partial charge in [-0.05, 0) is 44.0 Å². The first-order chi connectivity index (χ1) is 16.8. The Balaban J connectivity index is 1.76. The number of rotatable bonds is 6. The number of hydrogen-bond donors (Lipinski definition) is 1. The monoisotopic (exact) mass is 469 g/mol. The van der Waals surface area contributed by atoms with Crippen LogP contribution in [0.4, 0.5) is 0 Å². The summed E-state index contributed by atoms with van der Waals surface area (Å²) in [5.41, 5.74) is 4.42. The smallest absolute Gasteiger partial charge is 0.338 e. The molecule has 4 rings (SSSR count). The molecule has 1 heterocycles. The van der Waals surface area contributed by atoms with Gasteiger partial charge in [0.05, 0.1) is 23.8 Å². The Kier molecular flexibility index (Phi) is 6.82. The number of aliphatic hydroxyl groups excluding tert-OH is 1. The largest absolute Gasteiger partial charge is 0.507 e. The lowest BCUT2D eigenvalue weighted by molar-refractivity contribution is -0.140. The quantitative estimate of drug-likeness (QED) is 0.235. The van der Waals surface area contributed by atoms with Crippen molar-refractivity contribution in [1.82, 2.24) is 4.90 Å². The van der Waals surface area contributed by atoms with Crippen molar-refractivity contribution in [2.24, 2.45) is 0 Å². The van der Waals surface area contributed by atoms with Crippen LogP contribution >= 0.6 is 0 Å². The molecular weight excluding hydrogens is 442 g/mol. The predicted molar refractivity (Wildman–Crippen MR) is 133 cm³/mol. The number of hydrogen-bond acceptors (Lipinski definition) is 5. The van der Waals surface area contributed by atoms with Crippen LogP contribution in [0.3, 0.4) is 0 Å². The Bertz CT molecular complexity index is 1310. The van der Waals surface area contributed by atoms with Gasteiger partial charge in [0, 0.05) is 12.1 Å². The minimum atomic E-state index is -0.749. The molecule has 1 saturated heterocycles. The van der Waals surface area contributed by atoms with E-state index in [1.165, 1.54) is 4.90 Å². The Morgan fingerprint density at radius 3 is 2.20 bits per heavy atom. The first-order valence-corrected chi connectivity index (χ1v) is 11.5. The van der Waals surface area contributed by atoms with Crippen molar-refractivity contribution in [3.05, 3.63) is 112 Å². The van der Waals surface area contributed by atoms with Crippen molar-refractivity contribution in [2.75, 3.05) is 6.61 Å². The average molecular weight is 470 g/mol. The van der Waals surface area contributed by atoms with E-state index in [-0.39, 0.29) is 24.5 Å². The molecule has 35 heavy (non-hydrogen) atoms. The van der Waals surface area contributed by atoms with Gasteiger partial charge in [-0.1, -0.05) is 71.8 Å². The maximum absolute atomic E-state index is 13.2. The van der Waals surface area contributed by atoms with Gasteiger partial charge in [-0.2, -0.15) is 0 Å². The Morgan fingerprint density at radius 1 is 0.914 bits per heavy atom. The van der Waals surface area contributed by atoms with Crippen LogP contribution in [0.5, 0.6) is 0 Å². The summed E-state index contributed by atoms with van der Waals surface area (Å²) in [5, 5.41) is 11.2. The second kappa shape index (κ2) is 9.97. The minimum Gasteiger partial charge on any atom is -0.507 e. The second-order valence-electron chi connectivity index (χ2n) is 8.62. The zero-order valence-corrected chi connectivity index (χ0v) is 19.9. The van der Waals surface area contributed by atoms with Crippen LogP contribution in [0.15, 0.2) is 78.4 Å². The van der Waals surface area contributed by atoms with Gasteiger partial charge < -0.3 is 14.7 Å². The first-order valence-electron chi connectivity index (χ1n) is 11.5. The number of carbonyl (C=O) groups is 3. The molecule has 0 bridgehead atoms. The molecule has 0 aromatic heterocycles. The highest BCUT2D eigenvalue weighted by atomic mass is 16.5. The third-order valence-electron chi connectivity index (χ3n) is 6.04. The fourth-order valence-corrected chi connectivity index (χ4v) is 4.25. The zero-order valence-electron chi connectivity index (χ0n) is 19.9. The number of aliphatic hydroxyl groups is 1.